The number of carbonyl (C=O) groups is 1. The molecule has 0 unspecified atom stereocenters. The van der Waals surface area contributed by atoms with Crippen molar-refractivity contribution in [1.82, 2.24) is 4.57 Å². The van der Waals surface area contributed by atoms with Gasteiger partial charge in [0.1, 0.15) is 0 Å². The number of hydrogen-bond donors (Lipinski definition) is 0. The summed E-state index contributed by atoms with van der Waals surface area (Å²) in [5.74, 6) is -0.353. The Bertz CT molecular complexity index is 1160. The lowest BCUT2D eigenvalue weighted by Gasteiger charge is -2.21. The average molecular weight is 381 g/mol. The highest BCUT2D eigenvalue weighted by Gasteiger charge is 2.41. The zero-order valence-electron chi connectivity index (χ0n) is 16.4. The van der Waals surface area contributed by atoms with E-state index in [1.807, 2.05) is 24.3 Å². The normalized spacial score (nSPS) is 18.0. The van der Waals surface area contributed by atoms with Gasteiger partial charge in [-0.2, -0.15) is 0 Å². The van der Waals surface area contributed by atoms with Gasteiger partial charge < -0.3 is 9.30 Å². The fraction of sp³-hybridized carbons (Fsp3) is 0.192. The van der Waals surface area contributed by atoms with Crippen molar-refractivity contribution in [2.45, 2.75) is 18.9 Å². The minimum atomic E-state index is -0.212. The van der Waals surface area contributed by atoms with Crippen molar-refractivity contribution in [3.63, 3.8) is 0 Å². The van der Waals surface area contributed by atoms with Crippen LogP contribution in [0.3, 0.4) is 0 Å². The predicted octanol–water partition coefficient (Wildman–Crippen LogP) is 5.17. The number of rotatable bonds is 4. The monoisotopic (exact) mass is 381 g/mol. The summed E-state index contributed by atoms with van der Waals surface area (Å²) in [6.45, 7) is 0. The molecule has 0 fully saturated rings. The number of carbonyl (C=O) groups excluding carboxylic acids is 1. The zero-order valence-corrected chi connectivity index (χ0v) is 16.4. The van der Waals surface area contributed by atoms with Crippen LogP contribution in [-0.2, 0) is 22.4 Å². The van der Waals surface area contributed by atoms with Crippen LogP contribution in [0.15, 0.2) is 84.9 Å². The molecule has 1 aliphatic rings. The molecule has 0 bridgehead atoms. The van der Waals surface area contributed by atoms with Crippen LogP contribution < -0.4 is 0 Å². The number of aromatic nitrogens is 1. The molecular weight excluding hydrogens is 358 g/mol. The second kappa shape index (κ2) is 7.25. The van der Waals surface area contributed by atoms with Crippen LogP contribution in [0.25, 0.3) is 10.9 Å². The molecule has 0 amide bonds. The van der Waals surface area contributed by atoms with Gasteiger partial charge >= 0.3 is 5.97 Å². The van der Waals surface area contributed by atoms with Crippen LogP contribution in [-0.4, -0.2) is 17.6 Å². The molecule has 1 aliphatic heterocycles. The van der Waals surface area contributed by atoms with Crippen molar-refractivity contribution < 1.29 is 9.53 Å². The molecule has 0 radical (unpaired) electrons. The maximum Gasteiger partial charge on any atom is 0.311 e. The first-order valence-electron chi connectivity index (χ1n) is 10.1. The molecule has 5 rings (SSSR count). The summed E-state index contributed by atoms with van der Waals surface area (Å²) >= 11 is 0. The Hall–Kier alpha value is -3.33. The number of nitrogens with zero attached hydrogens (tertiary/aromatic N) is 1. The molecular formula is C26H23NO2. The Labute approximate surface area is 170 Å². The summed E-state index contributed by atoms with van der Waals surface area (Å²) in [4.78, 5) is 12.7. The zero-order chi connectivity index (χ0) is 19.8. The van der Waals surface area contributed by atoms with Crippen LogP contribution >= 0.6 is 0 Å². The number of para-hydroxylation sites is 1. The van der Waals surface area contributed by atoms with Gasteiger partial charge in [-0.05, 0) is 29.2 Å². The van der Waals surface area contributed by atoms with E-state index in [0.717, 1.165) is 12.0 Å². The molecule has 3 nitrogen and oxygen atoms in total. The highest BCUT2D eigenvalue weighted by Crippen LogP contribution is 2.44. The molecule has 0 spiro atoms. The van der Waals surface area contributed by atoms with Gasteiger partial charge in [-0.25, -0.2) is 0 Å². The lowest BCUT2D eigenvalue weighted by atomic mass is 9.91. The third kappa shape index (κ3) is 2.94. The number of esters is 1. The van der Waals surface area contributed by atoms with Gasteiger partial charge in [-0.1, -0.05) is 78.9 Å². The molecule has 0 N–H and O–H groups in total. The van der Waals surface area contributed by atoms with E-state index in [0.29, 0.717) is 6.42 Å². The van der Waals surface area contributed by atoms with Crippen molar-refractivity contribution >= 4 is 16.9 Å². The second-order valence-corrected chi connectivity index (χ2v) is 7.66. The van der Waals surface area contributed by atoms with E-state index >= 15 is 0 Å². The summed E-state index contributed by atoms with van der Waals surface area (Å²) in [7, 11) is 1.49. The summed E-state index contributed by atoms with van der Waals surface area (Å²) in [5, 5.41) is 1.27. The Morgan fingerprint density at radius 1 is 0.931 bits per heavy atom. The molecule has 0 saturated carbocycles. The Morgan fingerprint density at radius 3 is 2.31 bits per heavy atom. The molecule has 2 heterocycles. The van der Waals surface area contributed by atoms with Crippen LogP contribution in [0.2, 0.25) is 0 Å². The first-order valence-corrected chi connectivity index (χ1v) is 10.1. The smallest absolute Gasteiger partial charge is 0.311 e. The van der Waals surface area contributed by atoms with Gasteiger partial charge in [0.05, 0.1) is 19.1 Å². The van der Waals surface area contributed by atoms with Crippen molar-refractivity contribution in [3.05, 3.63) is 107 Å². The minimum absolute atomic E-state index is 0.0481. The number of hydrogen-bond acceptors (Lipinski definition) is 2. The van der Waals surface area contributed by atoms with Gasteiger partial charge in [0.2, 0.25) is 0 Å². The van der Waals surface area contributed by atoms with Crippen LogP contribution in [0.1, 0.15) is 28.4 Å². The van der Waals surface area contributed by atoms with E-state index in [1.54, 1.807) is 0 Å². The Balaban J connectivity index is 1.72. The van der Waals surface area contributed by atoms with Crippen LogP contribution in [0, 0.1) is 5.92 Å². The fourth-order valence-electron chi connectivity index (χ4n) is 4.82. The maximum atomic E-state index is 12.7. The number of ether oxygens (including phenoxy) is 1. The van der Waals surface area contributed by atoms with E-state index in [-0.39, 0.29) is 17.9 Å². The lowest BCUT2D eigenvalue weighted by Crippen LogP contribution is -2.24. The van der Waals surface area contributed by atoms with Crippen LogP contribution in [0.5, 0.6) is 0 Å². The summed E-state index contributed by atoms with van der Waals surface area (Å²) in [6.07, 6.45) is 1.56. The molecule has 0 saturated heterocycles. The molecule has 144 valence electrons. The average Bonchev–Trinajstić information content (AvgIpc) is 3.31. The SMILES string of the molecule is COC(=O)[C@@H]1Cc2c(Cc3ccccc3)c3ccccc3n2[C@H]1c1ccccc1. The second-order valence-electron chi connectivity index (χ2n) is 7.66. The highest BCUT2D eigenvalue weighted by molar-refractivity contribution is 5.88. The van der Waals surface area contributed by atoms with E-state index in [1.165, 1.54) is 34.8 Å². The van der Waals surface area contributed by atoms with Crippen molar-refractivity contribution in [2.24, 2.45) is 5.92 Å². The third-order valence-electron chi connectivity index (χ3n) is 6.07. The van der Waals surface area contributed by atoms with Gasteiger partial charge in [0, 0.05) is 23.0 Å². The Kier molecular flexibility index (Phi) is 4.44. The molecule has 3 heteroatoms. The summed E-state index contributed by atoms with van der Waals surface area (Å²) in [6, 6.07) is 29.4. The van der Waals surface area contributed by atoms with E-state index in [4.69, 9.17) is 4.74 Å². The van der Waals surface area contributed by atoms with Gasteiger partial charge in [-0.3, -0.25) is 4.79 Å². The van der Waals surface area contributed by atoms with Gasteiger partial charge in [0.15, 0.2) is 0 Å². The largest absolute Gasteiger partial charge is 0.469 e. The topological polar surface area (TPSA) is 31.2 Å². The van der Waals surface area contributed by atoms with E-state index in [2.05, 4.69) is 65.2 Å². The van der Waals surface area contributed by atoms with Gasteiger partial charge in [-0.15, -0.1) is 0 Å². The maximum absolute atomic E-state index is 12.7. The molecule has 29 heavy (non-hydrogen) atoms. The molecule has 1 aromatic heterocycles. The Morgan fingerprint density at radius 2 is 1.59 bits per heavy atom. The number of methoxy groups -OCH3 is 1. The number of fused-ring (bicyclic) bond motifs is 3. The quantitative estimate of drug-likeness (QED) is 0.457. The van der Waals surface area contributed by atoms with Crippen molar-refractivity contribution in [2.75, 3.05) is 7.11 Å². The summed E-state index contributed by atoms with van der Waals surface area (Å²) in [5.41, 5.74) is 6.19. The molecule has 2 atom stereocenters. The molecule has 3 aromatic carbocycles. The minimum Gasteiger partial charge on any atom is -0.469 e. The van der Waals surface area contributed by atoms with Crippen LogP contribution in [0.4, 0.5) is 0 Å². The molecule has 0 aliphatic carbocycles. The predicted molar refractivity (Wildman–Crippen MR) is 115 cm³/mol. The van der Waals surface area contributed by atoms with Crippen molar-refractivity contribution in [3.8, 4) is 0 Å². The highest BCUT2D eigenvalue weighted by atomic mass is 16.5. The van der Waals surface area contributed by atoms with E-state index in [9.17, 15) is 4.79 Å². The van der Waals surface area contributed by atoms with E-state index < -0.39 is 0 Å². The summed E-state index contributed by atoms with van der Waals surface area (Å²) < 4.78 is 7.58. The first-order chi connectivity index (χ1) is 14.3. The first kappa shape index (κ1) is 17.7. The standard InChI is InChI=1S/C26H23NO2/c1-29-26(28)22-17-24-21(16-18-10-4-2-5-11-18)20-14-8-9-15-23(20)27(24)25(22)19-12-6-3-7-13-19/h2-15,22,25H,16-17H2,1H3/t22-,25+/m1/s1. The van der Waals surface area contributed by atoms with Crippen molar-refractivity contribution in [1.29, 1.82) is 0 Å². The third-order valence-corrected chi connectivity index (χ3v) is 6.07. The molecule has 4 aromatic rings. The fourth-order valence-corrected chi connectivity index (χ4v) is 4.82. The number of benzene rings is 3. The lowest BCUT2D eigenvalue weighted by molar-refractivity contribution is -0.145. The van der Waals surface area contributed by atoms with Gasteiger partial charge in [0.25, 0.3) is 0 Å².